The third-order valence-electron chi connectivity index (χ3n) is 1.46. The molecular weight excluding hydrogens is 146 g/mol. The van der Waals surface area contributed by atoms with Gasteiger partial charge in [0.25, 0.3) is 0 Å². The SMILES string of the molecule is Cc1[nH]nc2sc(N)cc12. The number of aryl methyl sites for hydroxylation is 1. The molecule has 0 aliphatic heterocycles. The van der Waals surface area contributed by atoms with Gasteiger partial charge < -0.3 is 5.73 Å². The smallest absolute Gasteiger partial charge is 0.147 e. The van der Waals surface area contributed by atoms with Gasteiger partial charge in [0.1, 0.15) is 4.83 Å². The Bertz CT molecular complexity index is 360. The Kier molecular flexibility index (Phi) is 0.990. The summed E-state index contributed by atoms with van der Waals surface area (Å²) in [5.41, 5.74) is 6.65. The van der Waals surface area contributed by atoms with Crippen molar-refractivity contribution in [3.63, 3.8) is 0 Å². The summed E-state index contributed by atoms with van der Waals surface area (Å²) in [6, 6.07) is 1.94. The fourth-order valence-electron chi connectivity index (χ4n) is 0.947. The molecule has 0 amide bonds. The molecule has 0 atom stereocenters. The van der Waals surface area contributed by atoms with Crippen molar-refractivity contribution in [3.8, 4) is 0 Å². The minimum absolute atomic E-state index is 0.828. The van der Waals surface area contributed by atoms with E-state index in [2.05, 4.69) is 10.2 Å². The van der Waals surface area contributed by atoms with E-state index in [-0.39, 0.29) is 0 Å². The lowest BCUT2D eigenvalue weighted by atomic mass is 10.3. The molecular formula is C6H7N3S. The first-order valence-electron chi connectivity index (χ1n) is 2.97. The van der Waals surface area contributed by atoms with Crippen LogP contribution in [-0.2, 0) is 0 Å². The van der Waals surface area contributed by atoms with Crippen LogP contribution in [0.3, 0.4) is 0 Å². The quantitative estimate of drug-likeness (QED) is 0.602. The first-order chi connectivity index (χ1) is 4.77. The molecule has 10 heavy (non-hydrogen) atoms. The number of nitrogen functional groups attached to an aromatic ring is 1. The van der Waals surface area contributed by atoms with Gasteiger partial charge in [-0.15, -0.1) is 0 Å². The molecule has 0 aromatic carbocycles. The van der Waals surface area contributed by atoms with Crippen molar-refractivity contribution < 1.29 is 0 Å². The van der Waals surface area contributed by atoms with E-state index in [9.17, 15) is 0 Å². The van der Waals surface area contributed by atoms with Crippen LogP contribution in [0.5, 0.6) is 0 Å². The molecule has 2 heterocycles. The predicted molar refractivity (Wildman–Crippen MR) is 43.1 cm³/mol. The number of nitrogens with one attached hydrogen (secondary N) is 1. The summed E-state index contributed by atoms with van der Waals surface area (Å²) in [5.74, 6) is 0. The topological polar surface area (TPSA) is 54.7 Å². The van der Waals surface area contributed by atoms with Crippen LogP contribution in [0.2, 0.25) is 0 Å². The normalized spacial score (nSPS) is 10.9. The molecule has 0 aliphatic rings. The molecule has 4 heteroatoms. The number of rotatable bonds is 0. The van der Waals surface area contributed by atoms with Crippen LogP contribution in [0, 0.1) is 6.92 Å². The predicted octanol–water partition coefficient (Wildman–Crippen LogP) is 1.52. The highest BCUT2D eigenvalue weighted by molar-refractivity contribution is 7.22. The van der Waals surface area contributed by atoms with Crippen LogP contribution in [0.4, 0.5) is 5.00 Å². The second-order valence-electron chi connectivity index (χ2n) is 2.22. The largest absolute Gasteiger partial charge is 0.391 e. The van der Waals surface area contributed by atoms with E-state index in [4.69, 9.17) is 5.73 Å². The molecule has 0 radical (unpaired) electrons. The lowest BCUT2D eigenvalue weighted by Crippen LogP contribution is -1.75. The van der Waals surface area contributed by atoms with Gasteiger partial charge in [-0.2, -0.15) is 5.10 Å². The third-order valence-corrected chi connectivity index (χ3v) is 2.32. The Morgan fingerprint density at radius 2 is 2.50 bits per heavy atom. The van der Waals surface area contributed by atoms with E-state index in [0.29, 0.717) is 0 Å². The number of nitrogens with two attached hydrogens (primary N) is 1. The first kappa shape index (κ1) is 5.73. The summed E-state index contributed by atoms with van der Waals surface area (Å²) in [5, 5.41) is 8.91. The Hall–Kier alpha value is -1.03. The van der Waals surface area contributed by atoms with Crippen LogP contribution in [0.25, 0.3) is 10.2 Å². The summed E-state index contributed by atoms with van der Waals surface area (Å²) < 4.78 is 0. The average molecular weight is 153 g/mol. The molecule has 0 saturated heterocycles. The van der Waals surface area contributed by atoms with Gasteiger partial charge in [0.2, 0.25) is 0 Å². The van der Waals surface area contributed by atoms with E-state index in [1.54, 1.807) is 0 Å². The maximum absolute atomic E-state index is 5.57. The zero-order chi connectivity index (χ0) is 7.14. The zero-order valence-electron chi connectivity index (χ0n) is 5.51. The highest BCUT2D eigenvalue weighted by atomic mass is 32.1. The molecule has 3 N–H and O–H groups in total. The van der Waals surface area contributed by atoms with E-state index < -0.39 is 0 Å². The van der Waals surface area contributed by atoms with Crippen LogP contribution < -0.4 is 5.73 Å². The molecule has 0 saturated carbocycles. The standard InChI is InChI=1S/C6H7N3S/c1-3-4-2-5(7)10-6(4)9-8-3/h2H,7H2,1H3,(H,8,9). The molecule has 0 aliphatic carbocycles. The molecule has 52 valence electrons. The van der Waals surface area contributed by atoms with Crippen LogP contribution in [0.1, 0.15) is 5.69 Å². The van der Waals surface area contributed by atoms with Crippen molar-refractivity contribution in [2.45, 2.75) is 6.92 Å². The van der Waals surface area contributed by atoms with Gasteiger partial charge in [0, 0.05) is 11.1 Å². The number of thiophene rings is 1. The lowest BCUT2D eigenvalue weighted by molar-refractivity contribution is 1.07. The molecule has 3 nitrogen and oxygen atoms in total. The number of nitrogens with zero attached hydrogens (tertiary/aromatic N) is 1. The van der Waals surface area contributed by atoms with Crippen molar-refractivity contribution in [1.29, 1.82) is 0 Å². The number of hydrogen-bond acceptors (Lipinski definition) is 3. The molecule has 2 aromatic rings. The third kappa shape index (κ3) is 0.623. The van der Waals surface area contributed by atoms with E-state index >= 15 is 0 Å². The second kappa shape index (κ2) is 1.73. The number of fused-ring (bicyclic) bond motifs is 1. The van der Waals surface area contributed by atoms with Gasteiger partial charge in [-0.05, 0) is 13.0 Å². The number of H-pyrrole nitrogens is 1. The first-order valence-corrected chi connectivity index (χ1v) is 3.79. The van der Waals surface area contributed by atoms with Crippen molar-refractivity contribution >= 4 is 26.6 Å². The Balaban J connectivity index is 2.90. The summed E-state index contributed by atoms with van der Waals surface area (Å²) in [7, 11) is 0. The van der Waals surface area contributed by atoms with Gasteiger partial charge in [-0.25, -0.2) is 0 Å². The summed E-state index contributed by atoms with van der Waals surface area (Å²) in [6.45, 7) is 1.99. The van der Waals surface area contributed by atoms with Crippen molar-refractivity contribution in [3.05, 3.63) is 11.8 Å². The highest BCUT2D eigenvalue weighted by Crippen LogP contribution is 2.26. The fraction of sp³-hybridized carbons (Fsp3) is 0.167. The summed E-state index contributed by atoms with van der Waals surface area (Å²) >= 11 is 1.51. The van der Waals surface area contributed by atoms with E-state index in [1.165, 1.54) is 11.3 Å². The van der Waals surface area contributed by atoms with Crippen LogP contribution in [0.15, 0.2) is 6.07 Å². The van der Waals surface area contributed by atoms with E-state index in [0.717, 1.165) is 20.9 Å². The Morgan fingerprint density at radius 1 is 1.70 bits per heavy atom. The van der Waals surface area contributed by atoms with Gasteiger partial charge in [-0.3, -0.25) is 5.10 Å². The monoisotopic (exact) mass is 153 g/mol. The maximum atomic E-state index is 5.57. The Labute approximate surface area is 61.9 Å². The molecule has 2 aromatic heterocycles. The van der Waals surface area contributed by atoms with Crippen LogP contribution in [-0.4, -0.2) is 10.2 Å². The summed E-state index contributed by atoms with van der Waals surface area (Å²) in [6.07, 6.45) is 0. The van der Waals surface area contributed by atoms with Crippen molar-refractivity contribution in [2.75, 3.05) is 5.73 Å². The fourth-order valence-corrected chi connectivity index (χ4v) is 1.76. The molecule has 2 rings (SSSR count). The zero-order valence-corrected chi connectivity index (χ0v) is 6.33. The Morgan fingerprint density at radius 3 is 3.20 bits per heavy atom. The lowest BCUT2D eigenvalue weighted by Gasteiger charge is -1.78. The number of aromatic amines is 1. The van der Waals surface area contributed by atoms with Crippen molar-refractivity contribution in [1.82, 2.24) is 10.2 Å². The maximum Gasteiger partial charge on any atom is 0.147 e. The molecule has 0 spiro atoms. The molecule has 0 unspecified atom stereocenters. The average Bonchev–Trinajstić information content (AvgIpc) is 2.35. The number of anilines is 1. The minimum atomic E-state index is 0.828. The molecule has 0 fully saturated rings. The van der Waals surface area contributed by atoms with Gasteiger partial charge in [0.05, 0.1) is 5.00 Å². The number of aromatic nitrogens is 2. The highest BCUT2D eigenvalue weighted by Gasteiger charge is 2.03. The minimum Gasteiger partial charge on any atom is -0.391 e. The van der Waals surface area contributed by atoms with Gasteiger partial charge >= 0.3 is 0 Å². The molecule has 0 bridgehead atoms. The van der Waals surface area contributed by atoms with E-state index in [1.807, 2.05) is 13.0 Å². The van der Waals surface area contributed by atoms with Gasteiger partial charge in [-0.1, -0.05) is 11.3 Å². The second-order valence-corrected chi connectivity index (χ2v) is 3.28. The van der Waals surface area contributed by atoms with Crippen LogP contribution >= 0.6 is 11.3 Å². The number of hydrogen-bond donors (Lipinski definition) is 2. The van der Waals surface area contributed by atoms with Gasteiger partial charge in [0.15, 0.2) is 0 Å². The summed E-state index contributed by atoms with van der Waals surface area (Å²) in [4.78, 5) is 0.995. The van der Waals surface area contributed by atoms with Crippen molar-refractivity contribution in [2.24, 2.45) is 0 Å².